The first-order valence-corrected chi connectivity index (χ1v) is 11.8. The van der Waals surface area contributed by atoms with Gasteiger partial charge in [0.1, 0.15) is 24.8 Å². The summed E-state index contributed by atoms with van der Waals surface area (Å²) in [5.74, 6) is 2.53. The Bertz CT molecular complexity index is 718. The molecule has 0 aromatic carbocycles. The molecule has 2 aliphatic heterocycles. The van der Waals surface area contributed by atoms with E-state index >= 15 is 0 Å². The second-order valence-electron chi connectivity index (χ2n) is 10.5. The van der Waals surface area contributed by atoms with E-state index in [9.17, 15) is 4.79 Å². The lowest BCUT2D eigenvalue weighted by molar-refractivity contribution is -0.185. The lowest BCUT2D eigenvalue weighted by Gasteiger charge is -2.61. The van der Waals surface area contributed by atoms with Crippen molar-refractivity contribution in [2.75, 3.05) is 26.4 Å². The van der Waals surface area contributed by atoms with Gasteiger partial charge in [-0.15, -0.1) is 0 Å². The van der Waals surface area contributed by atoms with Gasteiger partial charge in [-0.3, -0.25) is 0 Å². The van der Waals surface area contributed by atoms with Gasteiger partial charge in [-0.25, -0.2) is 0 Å². The zero-order valence-corrected chi connectivity index (χ0v) is 17.6. The first kappa shape index (κ1) is 18.8. The smallest absolute Gasteiger partial charge is 0.125 e. The van der Waals surface area contributed by atoms with Gasteiger partial charge in [-0.1, -0.05) is 13.3 Å². The number of rotatable bonds is 2. The molecule has 29 heavy (non-hydrogen) atoms. The first-order chi connectivity index (χ1) is 14.2. The summed E-state index contributed by atoms with van der Waals surface area (Å²) >= 11 is 0. The van der Waals surface area contributed by atoms with Crippen LogP contribution in [-0.4, -0.2) is 51.0 Å². The second-order valence-corrected chi connectivity index (χ2v) is 10.5. The maximum Gasteiger partial charge on any atom is 0.125 e. The molecule has 6 aliphatic rings. The molecule has 0 aromatic rings. The van der Waals surface area contributed by atoms with Crippen LogP contribution in [0.2, 0.25) is 0 Å². The van der Waals surface area contributed by atoms with Crippen LogP contribution >= 0.6 is 0 Å². The Morgan fingerprint density at radius 3 is 2.79 bits per heavy atom. The van der Waals surface area contributed by atoms with Crippen molar-refractivity contribution in [1.29, 1.82) is 0 Å². The number of allylic oxidation sites excluding steroid dienone is 1. The van der Waals surface area contributed by atoms with Crippen molar-refractivity contribution in [1.82, 2.24) is 0 Å². The normalized spacial score (nSPS) is 51.1. The van der Waals surface area contributed by atoms with Crippen LogP contribution < -0.4 is 0 Å². The van der Waals surface area contributed by atoms with Gasteiger partial charge in [0, 0.05) is 11.8 Å². The molecular formula is C24H34O5. The van der Waals surface area contributed by atoms with Gasteiger partial charge in [0.25, 0.3) is 0 Å². The molecule has 0 radical (unpaired) electrons. The van der Waals surface area contributed by atoms with E-state index in [0.717, 1.165) is 31.4 Å². The van der Waals surface area contributed by atoms with Gasteiger partial charge in [-0.2, -0.15) is 0 Å². The van der Waals surface area contributed by atoms with Crippen LogP contribution in [0.5, 0.6) is 0 Å². The van der Waals surface area contributed by atoms with E-state index in [1.807, 2.05) is 0 Å². The van der Waals surface area contributed by atoms with Gasteiger partial charge in [0.15, 0.2) is 0 Å². The Morgan fingerprint density at radius 1 is 1.03 bits per heavy atom. The third-order valence-electron chi connectivity index (χ3n) is 9.56. The molecule has 5 nitrogen and oxygen atoms in total. The third-order valence-corrected chi connectivity index (χ3v) is 9.56. The zero-order valence-electron chi connectivity index (χ0n) is 17.6. The second kappa shape index (κ2) is 6.80. The highest BCUT2D eigenvalue weighted by atomic mass is 16.6. The van der Waals surface area contributed by atoms with Gasteiger partial charge in [-0.05, 0) is 67.3 Å². The van der Waals surface area contributed by atoms with E-state index < -0.39 is 0 Å². The van der Waals surface area contributed by atoms with Crippen LogP contribution in [0.1, 0.15) is 58.3 Å². The minimum atomic E-state index is -0.00595. The summed E-state index contributed by atoms with van der Waals surface area (Å²) in [4.78, 5) is 11.9. The lowest BCUT2D eigenvalue weighted by Crippen LogP contribution is -2.59. The minimum absolute atomic E-state index is 0.00595. The van der Waals surface area contributed by atoms with Crippen molar-refractivity contribution < 1.29 is 23.7 Å². The summed E-state index contributed by atoms with van der Waals surface area (Å²) < 4.78 is 25.3. The van der Waals surface area contributed by atoms with Gasteiger partial charge in [0.2, 0.25) is 0 Å². The molecule has 8 atom stereocenters. The number of carbonyl (C=O) groups is 1. The van der Waals surface area contributed by atoms with Gasteiger partial charge >= 0.3 is 0 Å². The minimum Gasteiger partial charge on any atom is -0.493 e. The standard InChI is InChI=1S/C24H34O5/c1-23-7-5-15-19(17(23)14-18-22(23)29-13-10-26-18)21-20(27-11-12-28-21)16-4-2-3-6-24(15,16)8-9-25/h9,15,17-19,21-22H,2-8,10-14H2,1H3/t15-,17-,18?,19+,21?,22?,23-,24-/m0/s1. The highest BCUT2D eigenvalue weighted by molar-refractivity contribution is 5.54. The van der Waals surface area contributed by atoms with E-state index in [1.54, 1.807) is 0 Å². The molecule has 0 aromatic heterocycles. The topological polar surface area (TPSA) is 54.0 Å². The number of hydrogen-bond acceptors (Lipinski definition) is 5. The van der Waals surface area contributed by atoms with Crippen molar-refractivity contribution in [2.45, 2.75) is 76.6 Å². The predicted molar refractivity (Wildman–Crippen MR) is 106 cm³/mol. The summed E-state index contributed by atoms with van der Waals surface area (Å²) in [6.07, 6.45) is 10.3. The number of aldehydes is 1. The van der Waals surface area contributed by atoms with Crippen molar-refractivity contribution in [3.63, 3.8) is 0 Å². The fourth-order valence-electron chi connectivity index (χ4n) is 8.51. The van der Waals surface area contributed by atoms with Crippen LogP contribution in [0, 0.1) is 28.6 Å². The Labute approximate surface area is 173 Å². The molecule has 0 amide bonds. The number of carbonyl (C=O) groups excluding carboxylic acids is 1. The lowest BCUT2D eigenvalue weighted by atomic mass is 9.46. The third kappa shape index (κ3) is 2.47. The van der Waals surface area contributed by atoms with E-state index in [-0.39, 0.29) is 29.1 Å². The molecule has 2 heterocycles. The quantitative estimate of drug-likeness (QED) is 0.660. The number of ether oxygens (including phenoxy) is 4. The fraction of sp³-hybridized carbons (Fsp3) is 0.875. The van der Waals surface area contributed by atoms with Crippen LogP contribution in [0.25, 0.3) is 0 Å². The van der Waals surface area contributed by atoms with Crippen LogP contribution in [0.4, 0.5) is 0 Å². The zero-order chi connectivity index (χ0) is 19.6. The summed E-state index contributed by atoms with van der Waals surface area (Å²) in [6, 6.07) is 0. The van der Waals surface area contributed by atoms with Crippen molar-refractivity contribution in [2.24, 2.45) is 28.6 Å². The van der Waals surface area contributed by atoms with Crippen molar-refractivity contribution >= 4 is 6.29 Å². The molecule has 160 valence electrons. The average molecular weight is 403 g/mol. The van der Waals surface area contributed by atoms with E-state index in [1.165, 1.54) is 31.1 Å². The highest BCUT2D eigenvalue weighted by Crippen LogP contribution is 2.68. The van der Waals surface area contributed by atoms with Gasteiger partial charge < -0.3 is 23.7 Å². The predicted octanol–water partition coefficient (Wildman–Crippen LogP) is 3.66. The molecule has 6 rings (SSSR count). The number of hydrogen-bond donors (Lipinski definition) is 0. The summed E-state index contributed by atoms with van der Waals surface area (Å²) in [5, 5.41) is 0. The molecule has 3 saturated carbocycles. The molecule has 0 bridgehead atoms. The highest BCUT2D eigenvalue weighted by Gasteiger charge is 2.66. The molecule has 4 aliphatic carbocycles. The summed E-state index contributed by atoms with van der Waals surface area (Å²) in [7, 11) is 0. The van der Waals surface area contributed by atoms with E-state index in [4.69, 9.17) is 18.9 Å². The largest absolute Gasteiger partial charge is 0.493 e. The SMILES string of the molecule is C[C@]12CC[C@H]3[C@@H](C4OCCOC4=C4CCCC[C@@]43CC=O)[C@@H]1CC1OCCOC12. The molecule has 2 saturated heterocycles. The number of fused-ring (bicyclic) bond motifs is 9. The van der Waals surface area contributed by atoms with E-state index in [2.05, 4.69) is 6.92 Å². The van der Waals surface area contributed by atoms with Crippen LogP contribution in [-0.2, 0) is 23.7 Å². The molecule has 5 fully saturated rings. The molecule has 0 N–H and O–H groups in total. The molecule has 5 heteroatoms. The molecular weight excluding hydrogens is 368 g/mol. The monoisotopic (exact) mass is 402 g/mol. The van der Waals surface area contributed by atoms with Crippen LogP contribution in [0.15, 0.2) is 11.3 Å². The fourth-order valence-corrected chi connectivity index (χ4v) is 8.51. The van der Waals surface area contributed by atoms with Gasteiger partial charge in [0.05, 0.1) is 32.0 Å². The average Bonchev–Trinajstić information content (AvgIpc) is 3.06. The molecule has 0 spiro atoms. The molecule has 3 unspecified atom stereocenters. The Hall–Kier alpha value is -0.910. The maximum atomic E-state index is 11.9. The summed E-state index contributed by atoms with van der Waals surface area (Å²) in [5.41, 5.74) is 1.56. The van der Waals surface area contributed by atoms with E-state index in [0.29, 0.717) is 50.6 Å². The van der Waals surface area contributed by atoms with Crippen LogP contribution in [0.3, 0.4) is 0 Å². The van der Waals surface area contributed by atoms with Crippen molar-refractivity contribution in [3.05, 3.63) is 11.3 Å². The Balaban J connectivity index is 1.47. The summed E-state index contributed by atoms with van der Waals surface area (Å²) in [6.45, 7) is 5.18. The van der Waals surface area contributed by atoms with Crippen molar-refractivity contribution in [3.8, 4) is 0 Å². The first-order valence-electron chi connectivity index (χ1n) is 11.8. The maximum absolute atomic E-state index is 11.9. The Morgan fingerprint density at radius 2 is 1.90 bits per heavy atom. The Kier molecular flexibility index (Phi) is 4.41.